The lowest BCUT2D eigenvalue weighted by Gasteiger charge is -2.08. The summed E-state index contributed by atoms with van der Waals surface area (Å²) in [6.07, 6.45) is 1.58. The van der Waals surface area contributed by atoms with E-state index in [0.29, 0.717) is 26.6 Å². The Morgan fingerprint density at radius 2 is 2.24 bits per heavy atom. The standard InChI is InChI=1S/C13H13Cl2N3O2S/c1-18-8(6-19)5-16-13(18)21-7-11(20)17-10-4-2-3-9(14)12(10)15/h2-5,19H,6-7H2,1H3,(H,17,20). The number of aliphatic hydroxyl groups excluding tert-OH is 1. The first kappa shape index (κ1) is 16.2. The summed E-state index contributed by atoms with van der Waals surface area (Å²) in [5, 5.41) is 13.1. The van der Waals surface area contributed by atoms with Crippen LogP contribution in [0, 0.1) is 0 Å². The molecule has 0 radical (unpaired) electrons. The molecular formula is C13H13Cl2N3O2S. The summed E-state index contributed by atoms with van der Waals surface area (Å²) in [5.74, 6) is -0.0313. The third-order valence-electron chi connectivity index (χ3n) is 2.76. The number of anilines is 1. The van der Waals surface area contributed by atoms with Crippen molar-refractivity contribution in [3.05, 3.63) is 40.1 Å². The van der Waals surface area contributed by atoms with Gasteiger partial charge in [0.05, 0.1) is 40.0 Å². The summed E-state index contributed by atoms with van der Waals surface area (Å²) in [6.45, 7) is -0.0889. The van der Waals surface area contributed by atoms with Crippen LogP contribution in [-0.4, -0.2) is 26.3 Å². The van der Waals surface area contributed by atoms with Crippen LogP contribution in [0.25, 0.3) is 0 Å². The van der Waals surface area contributed by atoms with Crippen LogP contribution in [0.4, 0.5) is 5.69 Å². The second-order valence-electron chi connectivity index (χ2n) is 4.19. The number of imidazole rings is 1. The van der Waals surface area contributed by atoms with E-state index in [2.05, 4.69) is 10.3 Å². The van der Waals surface area contributed by atoms with Crippen molar-refractivity contribution in [3.8, 4) is 0 Å². The fourth-order valence-electron chi connectivity index (χ4n) is 1.62. The molecular weight excluding hydrogens is 333 g/mol. The number of nitrogens with one attached hydrogen (secondary N) is 1. The van der Waals surface area contributed by atoms with Gasteiger partial charge >= 0.3 is 0 Å². The summed E-state index contributed by atoms with van der Waals surface area (Å²) in [6, 6.07) is 5.04. The van der Waals surface area contributed by atoms with Gasteiger partial charge in [0.15, 0.2) is 5.16 Å². The van der Waals surface area contributed by atoms with E-state index in [1.807, 2.05) is 0 Å². The molecule has 1 heterocycles. The van der Waals surface area contributed by atoms with Gasteiger partial charge in [-0.25, -0.2) is 4.98 Å². The molecule has 0 unspecified atom stereocenters. The maximum atomic E-state index is 11.9. The van der Waals surface area contributed by atoms with E-state index in [9.17, 15) is 4.79 Å². The van der Waals surface area contributed by atoms with Gasteiger partial charge in [-0.05, 0) is 12.1 Å². The summed E-state index contributed by atoms with van der Waals surface area (Å²) in [4.78, 5) is 16.1. The van der Waals surface area contributed by atoms with Crippen molar-refractivity contribution < 1.29 is 9.90 Å². The van der Waals surface area contributed by atoms with Gasteiger partial charge in [-0.2, -0.15) is 0 Å². The predicted octanol–water partition coefficient (Wildman–Crippen LogP) is 2.95. The van der Waals surface area contributed by atoms with Crippen LogP contribution in [-0.2, 0) is 18.4 Å². The van der Waals surface area contributed by atoms with Crippen LogP contribution in [0.1, 0.15) is 5.69 Å². The van der Waals surface area contributed by atoms with E-state index in [1.165, 1.54) is 11.8 Å². The van der Waals surface area contributed by atoms with Crippen LogP contribution in [0.15, 0.2) is 29.6 Å². The lowest BCUT2D eigenvalue weighted by atomic mass is 10.3. The van der Waals surface area contributed by atoms with Crippen molar-refractivity contribution in [3.63, 3.8) is 0 Å². The van der Waals surface area contributed by atoms with Crippen molar-refractivity contribution >= 4 is 46.6 Å². The highest BCUT2D eigenvalue weighted by Gasteiger charge is 2.11. The van der Waals surface area contributed by atoms with Crippen molar-refractivity contribution in [2.24, 2.45) is 7.05 Å². The molecule has 0 saturated heterocycles. The Morgan fingerprint density at radius 1 is 1.48 bits per heavy atom. The minimum atomic E-state index is -0.210. The molecule has 1 amide bonds. The van der Waals surface area contributed by atoms with Gasteiger partial charge in [-0.3, -0.25) is 4.79 Å². The Morgan fingerprint density at radius 3 is 2.90 bits per heavy atom. The molecule has 0 saturated carbocycles. The van der Waals surface area contributed by atoms with Crippen LogP contribution < -0.4 is 5.32 Å². The van der Waals surface area contributed by atoms with Crippen molar-refractivity contribution in [2.75, 3.05) is 11.1 Å². The number of thioether (sulfide) groups is 1. The third-order valence-corrected chi connectivity index (χ3v) is 4.62. The van der Waals surface area contributed by atoms with Crippen LogP contribution in [0.2, 0.25) is 10.0 Å². The summed E-state index contributed by atoms with van der Waals surface area (Å²) in [7, 11) is 1.78. The van der Waals surface area contributed by atoms with Crippen molar-refractivity contribution in [1.82, 2.24) is 9.55 Å². The smallest absolute Gasteiger partial charge is 0.234 e. The Kier molecular flexibility index (Phi) is 5.52. The molecule has 0 atom stereocenters. The van der Waals surface area contributed by atoms with Gasteiger partial charge < -0.3 is 15.0 Å². The second-order valence-corrected chi connectivity index (χ2v) is 5.92. The molecule has 0 aliphatic heterocycles. The molecule has 1 aromatic carbocycles. The lowest BCUT2D eigenvalue weighted by Crippen LogP contribution is -2.14. The number of halogens is 2. The third kappa shape index (κ3) is 3.91. The lowest BCUT2D eigenvalue weighted by molar-refractivity contribution is -0.113. The second kappa shape index (κ2) is 7.17. The monoisotopic (exact) mass is 345 g/mol. The molecule has 0 aliphatic rings. The molecule has 2 rings (SSSR count). The Bertz CT molecular complexity index is 661. The van der Waals surface area contributed by atoms with Gasteiger partial charge in [-0.1, -0.05) is 41.0 Å². The van der Waals surface area contributed by atoms with Crippen molar-refractivity contribution in [1.29, 1.82) is 0 Å². The normalized spacial score (nSPS) is 10.7. The van der Waals surface area contributed by atoms with Gasteiger partial charge in [0.25, 0.3) is 0 Å². The molecule has 0 aliphatic carbocycles. The SMILES string of the molecule is Cn1c(CO)cnc1SCC(=O)Nc1cccc(Cl)c1Cl. The molecule has 8 heteroatoms. The fourth-order valence-corrected chi connectivity index (χ4v) is 2.74. The number of carbonyl (C=O) groups is 1. The maximum absolute atomic E-state index is 11.9. The number of hydrogen-bond donors (Lipinski definition) is 2. The first-order valence-corrected chi connectivity index (χ1v) is 7.75. The van der Waals surface area contributed by atoms with E-state index in [1.54, 1.807) is 36.0 Å². The summed E-state index contributed by atoms with van der Waals surface area (Å²) >= 11 is 13.2. The highest BCUT2D eigenvalue weighted by atomic mass is 35.5. The Hall–Kier alpha value is -1.21. The number of amides is 1. The molecule has 1 aromatic heterocycles. The number of aliphatic hydroxyl groups is 1. The average molecular weight is 346 g/mol. The van der Waals surface area contributed by atoms with Gasteiger partial charge in [0.1, 0.15) is 0 Å². The quantitative estimate of drug-likeness (QED) is 0.817. The molecule has 21 heavy (non-hydrogen) atoms. The maximum Gasteiger partial charge on any atom is 0.234 e. The fraction of sp³-hybridized carbons (Fsp3) is 0.231. The van der Waals surface area contributed by atoms with E-state index >= 15 is 0 Å². The predicted molar refractivity (Wildman–Crippen MR) is 84.9 cm³/mol. The number of carbonyl (C=O) groups excluding carboxylic acids is 1. The molecule has 5 nitrogen and oxygen atoms in total. The molecule has 0 bridgehead atoms. The zero-order valence-corrected chi connectivity index (χ0v) is 13.5. The number of aromatic nitrogens is 2. The largest absolute Gasteiger partial charge is 0.390 e. The van der Waals surface area contributed by atoms with E-state index in [4.69, 9.17) is 28.3 Å². The Labute approximate surface area is 136 Å². The van der Waals surface area contributed by atoms with Gasteiger partial charge in [0.2, 0.25) is 5.91 Å². The topological polar surface area (TPSA) is 67.1 Å². The molecule has 0 fully saturated rings. The molecule has 2 N–H and O–H groups in total. The van der Waals surface area contributed by atoms with Gasteiger partial charge in [-0.15, -0.1) is 0 Å². The summed E-state index contributed by atoms with van der Waals surface area (Å²) in [5.41, 5.74) is 1.17. The first-order chi connectivity index (χ1) is 10.0. The number of rotatable bonds is 5. The minimum Gasteiger partial charge on any atom is -0.390 e. The average Bonchev–Trinajstić information content (AvgIpc) is 2.82. The van der Waals surface area contributed by atoms with E-state index < -0.39 is 0 Å². The summed E-state index contributed by atoms with van der Waals surface area (Å²) < 4.78 is 1.74. The zero-order valence-electron chi connectivity index (χ0n) is 11.1. The Balaban J connectivity index is 1.96. The van der Waals surface area contributed by atoms with Crippen LogP contribution in [0.3, 0.4) is 0 Å². The van der Waals surface area contributed by atoms with Crippen molar-refractivity contribution in [2.45, 2.75) is 11.8 Å². The van der Waals surface area contributed by atoms with E-state index in [0.717, 1.165) is 0 Å². The molecule has 112 valence electrons. The minimum absolute atomic E-state index is 0.0889. The highest BCUT2D eigenvalue weighted by molar-refractivity contribution is 7.99. The van der Waals surface area contributed by atoms with Gasteiger partial charge in [0, 0.05) is 7.05 Å². The van der Waals surface area contributed by atoms with Crippen LogP contribution in [0.5, 0.6) is 0 Å². The van der Waals surface area contributed by atoms with Crippen LogP contribution >= 0.6 is 35.0 Å². The number of benzene rings is 1. The molecule has 0 spiro atoms. The zero-order chi connectivity index (χ0) is 15.4. The first-order valence-electron chi connectivity index (χ1n) is 6.01. The van der Waals surface area contributed by atoms with E-state index in [-0.39, 0.29) is 18.3 Å². The number of hydrogen-bond acceptors (Lipinski definition) is 4. The number of nitrogens with zero attached hydrogens (tertiary/aromatic N) is 2. The molecule has 2 aromatic rings. The highest BCUT2D eigenvalue weighted by Crippen LogP contribution is 2.29.